The van der Waals surface area contributed by atoms with E-state index in [2.05, 4.69) is 0 Å². The Labute approximate surface area is 75.8 Å². The molecule has 0 amide bonds. The molecule has 0 saturated carbocycles. The fourth-order valence-corrected chi connectivity index (χ4v) is 1.39. The van der Waals surface area contributed by atoms with E-state index in [4.69, 9.17) is 22.1 Å². The predicted octanol–water partition coefficient (Wildman–Crippen LogP) is 1.57. The molecule has 0 radical (unpaired) electrons. The van der Waals surface area contributed by atoms with Crippen molar-refractivity contribution in [1.82, 2.24) is 0 Å². The van der Waals surface area contributed by atoms with Gasteiger partial charge in [-0.1, -0.05) is 11.6 Å². The normalized spacial score (nSPS) is 29.3. The summed E-state index contributed by atoms with van der Waals surface area (Å²) in [6.07, 6.45) is 1.94. The summed E-state index contributed by atoms with van der Waals surface area (Å²) in [4.78, 5) is 0. The zero-order valence-electron chi connectivity index (χ0n) is 6.76. The maximum atomic E-state index is 13.4. The van der Waals surface area contributed by atoms with Crippen LogP contribution in [0.25, 0.3) is 0 Å². The molecule has 1 rings (SSSR count). The lowest BCUT2D eigenvalue weighted by Crippen LogP contribution is -2.29. The Kier molecular flexibility index (Phi) is 3.12. The van der Waals surface area contributed by atoms with Gasteiger partial charge in [-0.15, -0.1) is 0 Å². The van der Waals surface area contributed by atoms with E-state index in [0.717, 1.165) is 0 Å². The smallest absolute Gasteiger partial charge is 0.166 e. The highest BCUT2D eigenvalue weighted by atomic mass is 35.5. The number of alkyl halides is 1. The molecule has 0 saturated heterocycles. The predicted molar refractivity (Wildman–Crippen MR) is 46.5 cm³/mol. The van der Waals surface area contributed by atoms with E-state index in [0.29, 0.717) is 5.03 Å². The van der Waals surface area contributed by atoms with E-state index >= 15 is 0 Å². The molecule has 1 unspecified atom stereocenters. The average Bonchev–Trinajstić information content (AvgIpc) is 2.06. The molecular formula is C8H11ClFNO. The van der Waals surface area contributed by atoms with Crippen molar-refractivity contribution >= 4 is 11.6 Å². The lowest BCUT2D eigenvalue weighted by atomic mass is 9.97. The minimum atomic E-state index is -1.21. The Morgan fingerprint density at radius 2 is 2.33 bits per heavy atom. The quantitative estimate of drug-likeness (QED) is 0.719. The van der Waals surface area contributed by atoms with Crippen LogP contribution in [0.3, 0.4) is 0 Å². The Balaban J connectivity index is 2.84. The fraction of sp³-hybridized carbons (Fsp3) is 0.500. The van der Waals surface area contributed by atoms with Gasteiger partial charge in [0.25, 0.3) is 0 Å². The molecule has 4 heteroatoms. The van der Waals surface area contributed by atoms with Crippen LogP contribution in [-0.4, -0.2) is 19.8 Å². The van der Waals surface area contributed by atoms with E-state index in [1.165, 1.54) is 13.2 Å². The Hall–Kier alpha value is -0.540. The average molecular weight is 192 g/mol. The third-order valence-corrected chi connectivity index (χ3v) is 2.28. The fourth-order valence-electron chi connectivity index (χ4n) is 1.13. The molecule has 68 valence electrons. The molecule has 0 spiro atoms. The summed E-state index contributed by atoms with van der Waals surface area (Å²) in [6, 6.07) is 0. The van der Waals surface area contributed by atoms with Crippen LogP contribution in [0.2, 0.25) is 0 Å². The number of hydrogen-bond donors (Lipinski definition) is 1. The van der Waals surface area contributed by atoms with Crippen molar-refractivity contribution < 1.29 is 9.13 Å². The largest absolute Gasteiger partial charge is 0.498 e. The minimum absolute atomic E-state index is 0.192. The van der Waals surface area contributed by atoms with Gasteiger partial charge in [0.1, 0.15) is 5.76 Å². The first-order valence-electron chi connectivity index (χ1n) is 3.66. The molecule has 0 heterocycles. The first kappa shape index (κ1) is 9.55. The molecule has 1 aliphatic carbocycles. The van der Waals surface area contributed by atoms with Gasteiger partial charge in [0.2, 0.25) is 0 Å². The van der Waals surface area contributed by atoms with Gasteiger partial charge in [-0.05, 0) is 12.2 Å². The summed E-state index contributed by atoms with van der Waals surface area (Å²) in [7, 11) is 1.43. The first-order chi connectivity index (χ1) is 5.70. The van der Waals surface area contributed by atoms with Crippen LogP contribution in [-0.2, 0) is 4.74 Å². The number of methoxy groups -OCH3 is 1. The number of hydrogen-bond acceptors (Lipinski definition) is 2. The number of halogens is 2. The maximum absolute atomic E-state index is 13.4. The van der Waals surface area contributed by atoms with Crippen molar-refractivity contribution in [3.8, 4) is 0 Å². The van der Waals surface area contributed by atoms with Crippen LogP contribution in [0.15, 0.2) is 22.9 Å². The zero-order chi connectivity index (χ0) is 9.14. The summed E-state index contributed by atoms with van der Waals surface area (Å²) in [6.45, 7) is 0.192. The Morgan fingerprint density at radius 1 is 1.67 bits per heavy atom. The maximum Gasteiger partial charge on any atom is 0.166 e. The second-order valence-corrected chi connectivity index (χ2v) is 3.01. The van der Waals surface area contributed by atoms with Gasteiger partial charge in [-0.2, -0.15) is 0 Å². The second-order valence-electron chi connectivity index (χ2n) is 2.57. The second kappa shape index (κ2) is 3.92. The zero-order valence-corrected chi connectivity index (χ0v) is 7.51. The van der Waals surface area contributed by atoms with Crippen LogP contribution < -0.4 is 5.73 Å². The highest BCUT2D eigenvalue weighted by Gasteiger charge is 2.29. The van der Waals surface area contributed by atoms with Crippen molar-refractivity contribution in [1.29, 1.82) is 0 Å². The monoisotopic (exact) mass is 191 g/mol. The summed E-state index contributed by atoms with van der Waals surface area (Å²) in [5.74, 6) is -0.165. The van der Waals surface area contributed by atoms with E-state index in [1.807, 2.05) is 0 Å². The molecular weight excluding hydrogens is 181 g/mol. The highest BCUT2D eigenvalue weighted by molar-refractivity contribution is 6.30. The third kappa shape index (κ3) is 1.62. The van der Waals surface area contributed by atoms with Crippen LogP contribution >= 0.6 is 11.6 Å². The summed E-state index contributed by atoms with van der Waals surface area (Å²) in [5.41, 5.74) is 5.35. The summed E-state index contributed by atoms with van der Waals surface area (Å²) >= 11 is 5.74. The standard InChI is InChI=1S/C8H11ClFNO/c1-12-7-3-2-6(9)5(4-11)8(7)10/h2-3,5,8H,4,11H2,1H3/t5?,8-/m0/s1. The van der Waals surface area contributed by atoms with Crippen LogP contribution in [0.4, 0.5) is 4.39 Å². The van der Waals surface area contributed by atoms with Gasteiger partial charge < -0.3 is 10.5 Å². The lowest BCUT2D eigenvalue weighted by Gasteiger charge is -2.23. The minimum Gasteiger partial charge on any atom is -0.498 e. The van der Waals surface area contributed by atoms with Gasteiger partial charge in [0.15, 0.2) is 6.17 Å². The number of nitrogens with two attached hydrogens (primary N) is 1. The van der Waals surface area contributed by atoms with E-state index in [1.54, 1.807) is 6.08 Å². The van der Waals surface area contributed by atoms with E-state index in [9.17, 15) is 4.39 Å². The topological polar surface area (TPSA) is 35.2 Å². The van der Waals surface area contributed by atoms with Crippen molar-refractivity contribution in [3.63, 3.8) is 0 Å². The molecule has 1 aliphatic rings. The van der Waals surface area contributed by atoms with Crippen molar-refractivity contribution in [2.75, 3.05) is 13.7 Å². The Bertz CT molecular complexity index is 227. The lowest BCUT2D eigenvalue weighted by molar-refractivity contribution is 0.172. The van der Waals surface area contributed by atoms with E-state index < -0.39 is 12.1 Å². The van der Waals surface area contributed by atoms with Crippen molar-refractivity contribution in [2.24, 2.45) is 11.7 Å². The van der Waals surface area contributed by atoms with Crippen LogP contribution in [0.1, 0.15) is 0 Å². The van der Waals surface area contributed by atoms with Crippen LogP contribution in [0, 0.1) is 5.92 Å². The van der Waals surface area contributed by atoms with Gasteiger partial charge in [-0.3, -0.25) is 0 Å². The highest BCUT2D eigenvalue weighted by Crippen LogP contribution is 2.30. The van der Waals surface area contributed by atoms with Gasteiger partial charge in [0.05, 0.1) is 7.11 Å². The molecule has 0 aromatic heterocycles. The molecule has 0 aromatic carbocycles. The summed E-state index contributed by atoms with van der Waals surface area (Å²) in [5, 5.41) is 0.450. The molecule has 2 N–H and O–H groups in total. The van der Waals surface area contributed by atoms with E-state index in [-0.39, 0.29) is 12.3 Å². The Morgan fingerprint density at radius 3 is 2.83 bits per heavy atom. The van der Waals surface area contributed by atoms with Crippen molar-refractivity contribution in [2.45, 2.75) is 6.17 Å². The molecule has 12 heavy (non-hydrogen) atoms. The SMILES string of the molecule is COC1=CC=C(Cl)C(CN)[C@@H]1F. The third-order valence-electron chi connectivity index (χ3n) is 1.88. The number of rotatable bonds is 2. The van der Waals surface area contributed by atoms with Gasteiger partial charge >= 0.3 is 0 Å². The first-order valence-corrected chi connectivity index (χ1v) is 4.04. The number of ether oxygens (including phenoxy) is 1. The molecule has 2 atom stereocenters. The molecule has 0 bridgehead atoms. The molecule has 0 aromatic rings. The molecule has 0 fully saturated rings. The summed E-state index contributed by atoms with van der Waals surface area (Å²) < 4.78 is 18.2. The molecule has 2 nitrogen and oxygen atoms in total. The molecule has 0 aliphatic heterocycles. The van der Waals surface area contributed by atoms with Crippen molar-refractivity contribution in [3.05, 3.63) is 22.9 Å². The van der Waals surface area contributed by atoms with Gasteiger partial charge in [-0.25, -0.2) is 4.39 Å². The van der Waals surface area contributed by atoms with Gasteiger partial charge in [0, 0.05) is 17.5 Å². The van der Waals surface area contributed by atoms with Crippen LogP contribution in [0.5, 0.6) is 0 Å². The number of allylic oxidation sites excluding steroid dienone is 3.